The van der Waals surface area contributed by atoms with E-state index in [1.165, 1.54) is 0 Å². The van der Waals surface area contributed by atoms with E-state index in [0.29, 0.717) is 17.8 Å². The third-order valence-corrected chi connectivity index (χ3v) is 1.91. The second kappa shape index (κ2) is 5.21. The Balaban J connectivity index is 2.69. The van der Waals surface area contributed by atoms with Gasteiger partial charge in [-0.1, -0.05) is 12.2 Å². The number of hydrogen-bond donors (Lipinski definition) is 1. The van der Waals surface area contributed by atoms with Crippen LogP contribution in [0.4, 0.5) is 0 Å². The van der Waals surface area contributed by atoms with Crippen molar-refractivity contribution in [2.24, 2.45) is 0 Å². The Bertz CT molecular complexity index is 292. The van der Waals surface area contributed by atoms with E-state index in [-0.39, 0.29) is 0 Å². The van der Waals surface area contributed by atoms with E-state index in [2.05, 4.69) is 6.07 Å². The molecule has 68 valence electrons. The number of hydrogen-bond acceptors (Lipinski definition) is 2. The van der Waals surface area contributed by atoms with Gasteiger partial charge in [-0.15, -0.1) is 0 Å². The first-order valence-corrected chi connectivity index (χ1v) is 4.47. The molecule has 2 nitrogen and oxygen atoms in total. The number of aliphatic hydroxyl groups excluding tert-OH is 1. The molecule has 0 amide bonds. The Hall–Kier alpha value is -1.49. The van der Waals surface area contributed by atoms with E-state index in [1.807, 2.05) is 18.2 Å². The first-order valence-electron chi connectivity index (χ1n) is 4.47. The fourth-order valence-corrected chi connectivity index (χ4v) is 1.19. The standard InChI is InChI=1S/C11H13NO/c12-9-10-5-2-1-3-7-11(13)8-4-6-10/h4-7,13H,1-3,8H2/b6-4-,10-5+,11-7+. The van der Waals surface area contributed by atoms with Gasteiger partial charge in [0.2, 0.25) is 0 Å². The first kappa shape index (κ1) is 9.60. The van der Waals surface area contributed by atoms with Crippen LogP contribution in [0.25, 0.3) is 0 Å². The van der Waals surface area contributed by atoms with E-state index in [1.54, 1.807) is 6.08 Å². The minimum Gasteiger partial charge on any atom is -0.512 e. The maximum atomic E-state index is 9.30. The molecule has 1 rings (SSSR count). The summed E-state index contributed by atoms with van der Waals surface area (Å²) >= 11 is 0. The predicted molar refractivity (Wildman–Crippen MR) is 52.0 cm³/mol. The van der Waals surface area contributed by atoms with Gasteiger partial charge in [-0.2, -0.15) is 5.26 Å². The molecule has 0 spiro atoms. The van der Waals surface area contributed by atoms with Crippen molar-refractivity contribution in [2.75, 3.05) is 0 Å². The van der Waals surface area contributed by atoms with Crippen LogP contribution in [-0.2, 0) is 0 Å². The molecule has 0 saturated heterocycles. The summed E-state index contributed by atoms with van der Waals surface area (Å²) in [7, 11) is 0. The summed E-state index contributed by atoms with van der Waals surface area (Å²) in [4.78, 5) is 0. The highest BCUT2D eigenvalue weighted by Crippen LogP contribution is 2.09. The molecule has 0 radical (unpaired) electrons. The van der Waals surface area contributed by atoms with Crippen molar-refractivity contribution in [1.29, 1.82) is 5.26 Å². The number of rotatable bonds is 0. The van der Waals surface area contributed by atoms with Crippen molar-refractivity contribution in [3.8, 4) is 6.07 Å². The lowest BCUT2D eigenvalue weighted by molar-refractivity contribution is 0.397. The number of nitriles is 1. The van der Waals surface area contributed by atoms with Gasteiger partial charge in [0, 0.05) is 12.0 Å². The fourth-order valence-electron chi connectivity index (χ4n) is 1.19. The lowest BCUT2D eigenvalue weighted by Crippen LogP contribution is -1.83. The predicted octanol–water partition coefficient (Wildman–Crippen LogP) is 3.01. The minimum absolute atomic E-state index is 0.399. The van der Waals surface area contributed by atoms with Gasteiger partial charge in [0.05, 0.1) is 11.8 Å². The van der Waals surface area contributed by atoms with Crippen LogP contribution in [0.3, 0.4) is 0 Å². The van der Waals surface area contributed by atoms with Crippen LogP contribution in [0, 0.1) is 11.3 Å². The Morgan fingerprint density at radius 2 is 2.08 bits per heavy atom. The SMILES string of the molecule is N#CC1=C/CCC/C=C(/O)C/C=C\1. The molecule has 0 aromatic rings. The van der Waals surface area contributed by atoms with Gasteiger partial charge >= 0.3 is 0 Å². The van der Waals surface area contributed by atoms with Crippen LogP contribution in [0.1, 0.15) is 25.7 Å². The molecule has 0 aromatic heterocycles. The van der Waals surface area contributed by atoms with Crippen molar-refractivity contribution >= 4 is 0 Å². The summed E-state index contributed by atoms with van der Waals surface area (Å²) in [6.45, 7) is 0. The molecule has 0 heterocycles. The molecule has 0 aromatic carbocycles. The van der Waals surface area contributed by atoms with Crippen molar-refractivity contribution in [2.45, 2.75) is 25.7 Å². The van der Waals surface area contributed by atoms with Crippen LogP contribution >= 0.6 is 0 Å². The van der Waals surface area contributed by atoms with Crippen molar-refractivity contribution in [1.82, 2.24) is 0 Å². The quantitative estimate of drug-likeness (QED) is 0.615. The van der Waals surface area contributed by atoms with E-state index in [4.69, 9.17) is 5.26 Å². The zero-order valence-corrected chi connectivity index (χ0v) is 7.53. The zero-order valence-electron chi connectivity index (χ0n) is 7.53. The average Bonchev–Trinajstić information content (AvgIpc) is 2.15. The maximum absolute atomic E-state index is 9.30. The molecular formula is C11H13NO. The summed E-state index contributed by atoms with van der Waals surface area (Å²) in [6, 6.07) is 2.11. The van der Waals surface area contributed by atoms with Crippen LogP contribution in [0.2, 0.25) is 0 Å². The topological polar surface area (TPSA) is 44.0 Å². The Morgan fingerprint density at radius 1 is 1.31 bits per heavy atom. The second-order valence-corrected chi connectivity index (χ2v) is 3.00. The third kappa shape index (κ3) is 3.62. The maximum Gasteiger partial charge on any atom is 0.0988 e. The van der Waals surface area contributed by atoms with Crippen LogP contribution < -0.4 is 0 Å². The fraction of sp³-hybridized carbons (Fsp3) is 0.364. The molecule has 0 bridgehead atoms. The Morgan fingerprint density at radius 3 is 2.85 bits per heavy atom. The van der Waals surface area contributed by atoms with E-state index < -0.39 is 0 Å². The number of allylic oxidation sites excluding steroid dienone is 5. The summed E-state index contributed by atoms with van der Waals surface area (Å²) < 4.78 is 0. The molecule has 1 aliphatic carbocycles. The molecule has 0 fully saturated rings. The molecule has 1 N–H and O–H groups in total. The van der Waals surface area contributed by atoms with E-state index >= 15 is 0 Å². The minimum atomic E-state index is 0.399. The lowest BCUT2D eigenvalue weighted by atomic mass is 10.1. The molecule has 0 atom stereocenters. The summed E-state index contributed by atoms with van der Waals surface area (Å²) in [5.74, 6) is 0.399. The lowest BCUT2D eigenvalue weighted by Gasteiger charge is -1.98. The first-order chi connectivity index (χ1) is 6.33. The summed E-state index contributed by atoms with van der Waals surface area (Å²) in [6.07, 6.45) is 10.7. The van der Waals surface area contributed by atoms with Crippen LogP contribution in [0.15, 0.2) is 35.6 Å². The molecule has 13 heavy (non-hydrogen) atoms. The monoisotopic (exact) mass is 175 g/mol. The molecule has 0 saturated carbocycles. The third-order valence-electron chi connectivity index (χ3n) is 1.91. The van der Waals surface area contributed by atoms with Gasteiger partial charge < -0.3 is 5.11 Å². The van der Waals surface area contributed by atoms with E-state index in [9.17, 15) is 5.11 Å². The van der Waals surface area contributed by atoms with Crippen LogP contribution in [-0.4, -0.2) is 5.11 Å². The number of nitrogens with zero attached hydrogens (tertiary/aromatic N) is 1. The highest BCUT2D eigenvalue weighted by atomic mass is 16.3. The van der Waals surface area contributed by atoms with E-state index in [0.717, 1.165) is 19.3 Å². The zero-order chi connectivity index (χ0) is 9.52. The largest absolute Gasteiger partial charge is 0.512 e. The Kier molecular flexibility index (Phi) is 3.84. The smallest absolute Gasteiger partial charge is 0.0988 e. The second-order valence-electron chi connectivity index (χ2n) is 3.00. The summed E-state index contributed by atoms with van der Waals surface area (Å²) in [5, 5.41) is 18.0. The summed E-state index contributed by atoms with van der Waals surface area (Å²) in [5.41, 5.74) is 0.690. The molecule has 1 aliphatic rings. The number of aliphatic hydroxyl groups is 1. The van der Waals surface area contributed by atoms with Crippen molar-refractivity contribution in [3.05, 3.63) is 35.6 Å². The molecule has 2 heteroatoms. The van der Waals surface area contributed by atoms with Gasteiger partial charge in [-0.05, 0) is 31.4 Å². The van der Waals surface area contributed by atoms with Crippen molar-refractivity contribution in [3.63, 3.8) is 0 Å². The highest BCUT2D eigenvalue weighted by molar-refractivity contribution is 5.33. The van der Waals surface area contributed by atoms with Gasteiger partial charge in [-0.3, -0.25) is 0 Å². The van der Waals surface area contributed by atoms with Crippen molar-refractivity contribution < 1.29 is 5.11 Å². The normalized spacial score (nSPS) is 28.8. The van der Waals surface area contributed by atoms with Gasteiger partial charge in [0.25, 0.3) is 0 Å². The average molecular weight is 175 g/mol. The molecule has 0 aliphatic heterocycles. The highest BCUT2D eigenvalue weighted by Gasteiger charge is 1.94. The molecule has 0 unspecified atom stereocenters. The van der Waals surface area contributed by atoms with Crippen LogP contribution in [0.5, 0.6) is 0 Å². The van der Waals surface area contributed by atoms with Gasteiger partial charge in [0.1, 0.15) is 0 Å². The Labute approximate surface area is 78.5 Å². The molecular weight excluding hydrogens is 162 g/mol. The van der Waals surface area contributed by atoms with Gasteiger partial charge in [-0.25, -0.2) is 0 Å². The van der Waals surface area contributed by atoms with Gasteiger partial charge in [0.15, 0.2) is 0 Å².